The quantitative estimate of drug-likeness (QED) is 0.898. The molecular formula is C15H24BrN3S. The minimum atomic E-state index is 0.388. The number of nitrogens with two attached hydrogens (primary N) is 1. The molecule has 20 heavy (non-hydrogen) atoms. The zero-order chi connectivity index (χ0) is 13.9. The van der Waals surface area contributed by atoms with Crippen LogP contribution in [0.4, 0.5) is 0 Å². The zero-order valence-electron chi connectivity index (χ0n) is 11.9. The van der Waals surface area contributed by atoms with Crippen molar-refractivity contribution in [2.24, 2.45) is 5.73 Å². The van der Waals surface area contributed by atoms with Gasteiger partial charge in [-0.2, -0.15) is 0 Å². The molecule has 2 fully saturated rings. The highest BCUT2D eigenvalue weighted by atomic mass is 79.9. The van der Waals surface area contributed by atoms with E-state index < -0.39 is 0 Å². The van der Waals surface area contributed by atoms with Crippen molar-refractivity contribution in [3.63, 3.8) is 0 Å². The van der Waals surface area contributed by atoms with Crippen LogP contribution in [-0.4, -0.2) is 48.6 Å². The van der Waals surface area contributed by atoms with Crippen molar-refractivity contribution in [2.75, 3.05) is 32.7 Å². The van der Waals surface area contributed by atoms with E-state index in [2.05, 4.69) is 37.2 Å². The van der Waals surface area contributed by atoms with Crippen LogP contribution >= 0.6 is 27.3 Å². The zero-order valence-corrected chi connectivity index (χ0v) is 14.3. The summed E-state index contributed by atoms with van der Waals surface area (Å²) in [6.45, 7) is 5.69. The average molecular weight is 358 g/mol. The lowest BCUT2D eigenvalue weighted by atomic mass is 10.1. The van der Waals surface area contributed by atoms with E-state index in [-0.39, 0.29) is 0 Å². The first kappa shape index (κ1) is 15.0. The maximum absolute atomic E-state index is 6.07. The van der Waals surface area contributed by atoms with E-state index in [9.17, 15) is 0 Å². The van der Waals surface area contributed by atoms with E-state index in [4.69, 9.17) is 5.73 Å². The Kier molecular flexibility index (Phi) is 5.15. The molecule has 0 bridgehead atoms. The van der Waals surface area contributed by atoms with Gasteiger partial charge in [-0.25, -0.2) is 0 Å². The first-order valence-electron chi connectivity index (χ1n) is 7.70. The molecule has 2 N–H and O–H groups in total. The molecular weight excluding hydrogens is 334 g/mol. The minimum absolute atomic E-state index is 0.388. The molecule has 0 radical (unpaired) electrons. The van der Waals surface area contributed by atoms with E-state index in [1.165, 1.54) is 61.2 Å². The number of likely N-dealkylation sites (tertiary alicyclic amines) is 2. The molecule has 5 heteroatoms. The van der Waals surface area contributed by atoms with E-state index in [0.29, 0.717) is 12.6 Å². The molecule has 2 saturated heterocycles. The summed E-state index contributed by atoms with van der Waals surface area (Å²) in [5, 5.41) is 2.15. The lowest BCUT2D eigenvalue weighted by Crippen LogP contribution is -2.41. The lowest BCUT2D eigenvalue weighted by molar-refractivity contribution is 0.153. The van der Waals surface area contributed by atoms with Crippen LogP contribution in [0.15, 0.2) is 15.9 Å². The molecule has 0 aromatic carbocycles. The highest BCUT2D eigenvalue weighted by Gasteiger charge is 2.33. The highest BCUT2D eigenvalue weighted by Crippen LogP contribution is 2.34. The number of hydrogen-bond acceptors (Lipinski definition) is 4. The molecule has 3 nitrogen and oxygen atoms in total. The van der Waals surface area contributed by atoms with Crippen LogP contribution in [0.25, 0.3) is 0 Å². The average Bonchev–Trinajstić information content (AvgIpc) is 3.12. The van der Waals surface area contributed by atoms with Gasteiger partial charge in [0.25, 0.3) is 0 Å². The second kappa shape index (κ2) is 6.88. The Balaban J connectivity index is 1.64. The molecule has 1 aromatic rings. The molecule has 2 aliphatic heterocycles. The second-order valence-corrected chi connectivity index (χ2v) is 7.72. The maximum Gasteiger partial charge on any atom is 0.0576 e. The Morgan fingerprint density at radius 2 is 2.10 bits per heavy atom. The van der Waals surface area contributed by atoms with Gasteiger partial charge >= 0.3 is 0 Å². The Morgan fingerprint density at radius 3 is 2.75 bits per heavy atom. The van der Waals surface area contributed by atoms with Crippen molar-refractivity contribution in [1.82, 2.24) is 9.80 Å². The van der Waals surface area contributed by atoms with Crippen LogP contribution in [0.3, 0.4) is 0 Å². The molecule has 2 aliphatic rings. The Bertz CT molecular complexity index is 431. The van der Waals surface area contributed by atoms with Gasteiger partial charge in [0, 0.05) is 35.0 Å². The van der Waals surface area contributed by atoms with E-state index in [1.807, 2.05) is 11.3 Å². The van der Waals surface area contributed by atoms with Crippen LogP contribution in [-0.2, 0) is 0 Å². The normalized spacial score (nSPS) is 27.0. The predicted octanol–water partition coefficient (Wildman–Crippen LogP) is 3.07. The Labute approximate surface area is 134 Å². The van der Waals surface area contributed by atoms with Gasteiger partial charge in [0.05, 0.1) is 6.04 Å². The van der Waals surface area contributed by atoms with E-state index in [0.717, 1.165) is 6.04 Å². The fourth-order valence-electron chi connectivity index (χ4n) is 3.60. The van der Waals surface area contributed by atoms with Gasteiger partial charge in [-0.15, -0.1) is 11.3 Å². The largest absolute Gasteiger partial charge is 0.329 e. The minimum Gasteiger partial charge on any atom is -0.329 e. The lowest BCUT2D eigenvalue weighted by Gasteiger charge is -2.33. The number of piperidine rings is 1. The number of hydrogen-bond donors (Lipinski definition) is 1. The van der Waals surface area contributed by atoms with Gasteiger partial charge in [-0.1, -0.05) is 6.42 Å². The smallest absolute Gasteiger partial charge is 0.0576 e. The summed E-state index contributed by atoms with van der Waals surface area (Å²) >= 11 is 5.49. The number of rotatable bonds is 4. The molecule has 3 rings (SSSR count). The van der Waals surface area contributed by atoms with Crippen LogP contribution in [0.5, 0.6) is 0 Å². The van der Waals surface area contributed by atoms with E-state index >= 15 is 0 Å². The molecule has 0 saturated carbocycles. The van der Waals surface area contributed by atoms with Crippen LogP contribution in [0, 0.1) is 0 Å². The maximum atomic E-state index is 6.07. The monoisotopic (exact) mass is 357 g/mol. The summed E-state index contributed by atoms with van der Waals surface area (Å²) in [5.41, 5.74) is 6.07. The second-order valence-electron chi connectivity index (χ2n) is 5.92. The van der Waals surface area contributed by atoms with Crippen molar-refractivity contribution in [3.8, 4) is 0 Å². The van der Waals surface area contributed by atoms with Gasteiger partial charge in [-0.05, 0) is 59.7 Å². The SMILES string of the molecule is NCC(c1sccc1Br)N1CCC(N2CCCCC2)C1. The molecule has 2 atom stereocenters. The van der Waals surface area contributed by atoms with Crippen molar-refractivity contribution in [1.29, 1.82) is 0 Å². The summed E-state index contributed by atoms with van der Waals surface area (Å²) in [5.74, 6) is 0. The summed E-state index contributed by atoms with van der Waals surface area (Å²) in [4.78, 5) is 6.70. The van der Waals surface area contributed by atoms with Gasteiger partial charge in [0.1, 0.15) is 0 Å². The third-order valence-electron chi connectivity index (χ3n) is 4.71. The number of thiophene rings is 1. The highest BCUT2D eigenvalue weighted by molar-refractivity contribution is 9.10. The van der Waals surface area contributed by atoms with Gasteiger partial charge in [0.2, 0.25) is 0 Å². The molecule has 112 valence electrons. The summed E-state index contributed by atoms with van der Waals surface area (Å²) < 4.78 is 1.22. The van der Waals surface area contributed by atoms with Crippen molar-refractivity contribution in [2.45, 2.75) is 37.8 Å². The molecule has 0 aliphatic carbocycles. The number of halogens is 1. The predicted molar refractivity (Wildman–Crippen MR) is 89.2 cm³/mol. The Hall–Kier alpha value is 0.0600. The fourth-order valence-corrected chi connectivity index (χ4v) is 5.38. The fraction of sp³-hybridized carbons (Fsp3) is 0.733. The first-order valence-corrected chi connectivity index (χ1v) is 9.38. The molecule has 1 aromatic heterocycles. The summed E-state index contributed by atoms with van der Waals surface area (Å²) in [7, 11) is 0. The molecule has 2 unspecified atom stereocenters. The number of nitrogens with zero attached hydrogens (tertiary/aromatic N) is 2. The Morgan fingerprint density at radius 1 is 1.30 bits per heavy atom. The van der Waals surface area contributed by atoms with Crippen molar-refractivity contribution >= 4 is 27.3 Å². The van der Waals surface area contributed by atoms with E-state index in [1.54, 1.807) is 0 Å². The first-order chi connectivity index (χ1) is 9.79. The molecule has 0 amide bonds. The molecule has 3 heterocycles. The standard InChI is InChI=1S/C15H24BrN3S/c16-13-5-9-20-15(13)14(10-17)19-8-4-12(11-19)18-6-2-1-3-7-18/h5,9,12,14H,1-4,6-8,10-11,17H2. The summed E-state index contributed by atoms with van der Waals surface area (Å²) in [6, 6.07) is 3.28. The van der Waals surface area contributed by atoms with Crippen molar-refractivity contribution < 1.29 is 0 Å². The third-order valence-corrected chi connectivity index (χ3v) is 6.69. The summed E-state index contributed by atoms with van der Waals surface area (Å²) in [6.07, 6.45) is 5.49. The molecule has 0 spiro atoms. The van der Waals surface area contributed by atoms with Crippen LogP contribution in [0.1, 0.15) is 36.6 Å². The topological polar surface area (TPSA) is 32.5 Å². The van der Waals surface area contributed by atoms with Crippen molar-refractivity contribution in [3.05, 3.63) is 20.8 Å². The third kappa shape index (κ3) is 3.12. The van der Waals surface area contributed by atoms with Gasteiger partial charge in [0.15, 0.2) is 0 Å². The van der Waals surface area contributed by atoms with Gasteiger partial charge < -0.3 is 5.73 Å². The van der Waals surface area contributed by atoms with Gasteiger partial charge in [-0.3, -0.25) is 9.80 Å². The van der Waals surface area contributed by atoms with Crippen LogP contribution < -0.4 is 5.73 Å². The van der Waals surface area contributed by atoms with Crippen LogP contribution in [0.2, 0.25) is 0 Å².